The number of aryl methyl sites for hydroxylation is 1. The topological polar surface area (TPSA) is 138 Å². The molecule has 0 fully saturated rings. The van der Waals surface area contributed by atoms with Crippen LogP contribution in [0.15, 0.2) is 6.07 Å². The zero-order valence-corrected chi connectivity index (χ0v) is 19.6. The molecule has 7 heteroatoms. The number of phenols is 1. The SMILES string of the molecule is CCc1cc(C(C)(C)C)c(O)c2c1CC(CC(CCO)C(CO)C(=O)CC(N)=O)CC2=O. The summed E-state index contributed by atoms with van der Waals surface area (Å²) < 4.78 is 0. The molecule has 2 rings (SSSR count). The first kappa shape index (κ1) is 26.0. The van der Waals surface area contributed by atoms with E-state index in [1.54, 1.807) is 0 Å². The molecule has 1 aromatic rings. The highest BCUT2D eigenvalue weighted by atomic mass is 16.3. The quantitative estimate of drug-likeness (QED) is 0.407. The predicted octanol–water partition coefficient (Wildman–Crippen LogP) is 2.44. The lowest BCUT2D eigenvalue weighted by Crippen LogP contribution is -2.34. The summed E-state index contributed by atoms with van der Waals surface area (Å²) in [5, 5.41) is 30.3. The number of ketones is 2. The number of aliphatic hydroxyl groups is 2. The number of fused-ring (bicyclic) bond motifs is 1. The maximum atomic E-state index is 13.1. The van der Waals surface area contributed by atoms with E-state index in [1.165, 1.54) is 0 Å². The molecular weight excluding hydrogens is 410 g/mol. The molecule has 0 aromatic heterocycles. The number of aliphatic hydroxyl groups excluding tert-OH is 2. The van der Waals surface area contributed by atoms with E-state index in [4.69, 9.17) is 5.73 Å². The van der Waals surface area contributed by atoms with Crippen molar-refractivity contribution in [1.82, 2.24) is 0 Å². The van der Waals surface area contributed by atoms with E-state index in [0.29, 0.717) is 18.4 Å². The molecule has 178 valence electrons. The molecule has 0 spiro atoms. The lowest BCUT2D eigenvalue weighted by molar-refractivity contribution is -0.131. The number of primary amides is 1. The first-order chi connectivity index (χ1) is 14.9. The Hall–Kier alpha value is -2.25. The second kappa shape index (κ2) is 10.6. The summed E-state index contributed by atoms with van der Waals surface area (Å²) in [5.41, 5.74) is 7.89. The third-order valence-electron chi connectivity index (χ3n) is 6.60. The molecule has 0 saturated heterocycles. The lowest BCUT2D eigenvalue weighted by Gasteiger charge is -2.33. The van der Waals surface area contributed by atoms with E-state index in [2.05, 4.69) is 0 Å². The number of hydrogen-bond acceptors (Lipinski definition) is 6. The molecule has 7 nitrogen and oxygen atoms in total. The van der Waals surface area contributed by atoms with Crippen LogP contribution in [-0.4, -0.2) is 46.0 Å². The van der Waals surface area contributed by atoms with E-state index in [1.807, 2.05) is 33.8 Å². The van der Waals surface area contributed by atoms with Gasteiger partial charge in [-0.1, -0.05) is 33.8 Å². The largest absolute Gasteiger partial charge is 0.507 e. The summed E-state index contributed by atoms with van der Waals surface area (Å²) in [6.45, 7) is 7.42. The molecule has 0 radical (unpaired) electrons. The number of hydrogen-bond donors (Lipinski definition) is 4. The minimum absolute atomic E-state index is 0.0601. The number of carbonyl (C=O) groups excluding carboxylic acids is 3. The van der Waals surface area contributed by atoms with E-state index in [-0.39, 0.29) is 48.2 Å². The third-order valence-corrected chi connectivity index (χ3v) is 6.60. The normalized spacial score (nSPS) is 18.2. The fourth-order valence-corrected chi connectivity index (χ4v) is 4.97. The minimum Gasteiger partial charge on any atom is -0.507 e. The molecule has 1 aliphatic carbocycles. The standard InChI is InChI=1S/C25H37NO6/c1-5-15-11-19(25(2,3)4)24(32)23-17(15)9-14(10-21(23)30)8-16(6-7-27)18(13-28)20(29)12-22(26)31/h11,14,16,18,27-28,32H,5-10,12-13H2,1-4H3,(H2,26,31). The number of rotatable bonds is 10. The van der Waals surface area contributed by atoms with Gasteiger partial charge in [-0.05, 0) is 54.1 Å². The second-order valence-electron chi connectivity index (χ2n) is 9.99. The van der Waals surface area contributed by atoms with Crippen molar-refractivity contribution < 1.29 is 29.7 Å². The molecular formula is C25H37NO6. The monoisotopic (exact) mass is 447 g/mol. The predicted molar refractivity (Wildman–Crippen MR) is 122 cm³/mol. The second-order valence-corrected chi connectivity index (χ2v) is 9.99. The molecule has 0 heterocycles. The van der Waals surface area contributed by atoms with Crippen LogP contribution in [0.2, 0.25) is 0 Å². The number of carbonyl (C=O) groups is 3. The molecule has 5 N–H and O–H groups in total. The van der Waals surface area contributed by atoms with Gasteiger partial charge in [-0.3, -0.25) is 14.4 Å². The number of aromatic hydroxyl groups is 1. The summed E-state index contributed by atoms with van der Waals surface area (Å²) in [6.07, 6.45) is 1.80. The van der Waals surface area contributed by atoms with Crippen molar-refractivity contribution in [2.24, 2.45) is 23.5 Å². The van der Waals surface area contributed by atoms with Gasteiger partial charge < -0.3 is 21.1 Å². The summed E-state index contributed by atoms with van der Waals surface area (Å²) in [6, 6.07) is 1.99. The van der Waals surface area contributed by atoms with Gasteiger partial charge in [0.2, 0.25) is 5.91 Å². The Labute approximate surface area is 190 Å². The van der Waals surface area contributed by atoms with Gasteiger partial charge in [0, 0.05) is 24.5 Å². The van der Waals surface area contributed by atoms with Gasteiger partial charge >= 0.3 is 0 Å². The summed E-state index contributed by atoms with van der Waals surface area (Å²) >= 11 is 0. The molecule has 0 saturated carbocycles. The fourth-order valence-electron chi connectivity index (χ4n) is 4.97. The van der Waals surface area contributed by atoms with E-state index in [9.17, 15) is 29.7 Å². The Morgan fingerprint density at radius 3 is 2.38 bits per heavy atom. The van der Waals surface area contributed by atoms with Crippen molar-refractivity contribution in [3.05, 3.63) is 28.3 Å². The van der Waals surface area contributed by atoms with E-state index < -0.39 is 30.6 Å². The van der Waals surface area contributed by atoms with Crippen molar-refractivity contribution in [3.8, 4) is 5.75 Å². The van der Waals surface area contributed by atoms with Gasteiger partial charge in [0.25, 0.3) is 0 Å². The highest BCUT2D eigenvalue weighted by Crippen LogP contribution is 2.43. The third kappa shape index (κ3) is 5.75. The number of phenolic OH excluding ortho intramolecular Hbond substituents is 1. The van der Waals surface area contributed by atoms with Crippen molar-refractivity contribution in [2.45, 2.75) is 71.6 Å². The van der Waals surface area contributed by atoms with Crippen LogP contribution in [-0.2, 0) is 27.8 Å². The van der Waals surface area contributed by atoms with Crippen LogP contribution >= 0.6 is 0 Å². The summed E-state index contributed by atoms with van der Waals surface area (Å²) in [4.78, 5) is 36.8. The Balaban J connectivity index is 2.37. The van der Waals surface area contributed by atoms with Gasteiger partial charge in [0.05, 0.1) is 18.6 Å². The van der Waals surface area contributed by atoms with Crippen LogP contribution in [0.1, 0.15) is 80.4 Å². The molecule has 1 aromatic carbocycles. The Morgan fingerprint density at radius 1 is 1.22 bits per heavy atom. The van der Waals surface area contributed by atoms with Crippen LogP contribution in [0.25, 0.3) is 0 Å². The maximum Gasteiger partial charge on any atom is 0.224 e. The average Bonchev–Trinajstić information content (AvgIpc) is 2.67. The summed E-state index contributed by atoms with van der Waals surface area (Å²) in [5.74, 6) is -2.53. The molecule has 0 aliphatic heterocycles. The molecule has 0 bridgehead atoms. The minimum atomic E-state index is -0.812. The molecule has 32 heavy (non-hydrogen) atoms. The number of amides is 1. The van der Waals surface area contributed by atoms with E-state index in [0.717, 1.165) is 23.1 Å². The van der Waals surface area contributed by atoms with Crippen LogP contribution in [0.4, 0.5) is 0 Å². The first-order valence-corrected chi connectivity index (χ1v) is 11.4. The van der Waals surface area contributed by atoms with Crippen molar-refractivity contribution in [2.75, 3.05) is 13.2 Å². The van der Waals surface area contributed by atoms with Crippen LogP contribution < -0.4 is 5.73 Å². The highest BCUT2D eigenvalue weighted by molar-refractivity contribution is 6.02. The number of Topliss-reactive ketones (excluding diaryl/α,β-unsaturated/α-hetero) is 2. The maximum absolute atomic E-state index is 13.1. The van der Waals surface area contributed by atoms with Gasteiger partial charge in [-0.25, -0.2) is 0 Å². The van der Waals surface area contributed by atoms with Gasteiger partial charge in [0.15, 0.2) is 5.78 Å². The summed E-state index contributed by atoms with van der Waals surface area (Å²) in [7, 11) is 0. The zero-order valence-electron chi connectivity index (χ0n) is 19.6. The van der Waals surface area contributed by atoms with Crippen molar-refractivity contribution in [1.29, 1.82) is 0 Å². The molecule has 3 atom stereocenters. The van der Waals surface area contributed by atoms with Crippen molar-refractivity contribution in [3.63, 3.8) is 0 Å². The average molecular weight is 448 g/mol. The molecule has 1 aliphatic rings. The van der Waals surface area contributed by atoms with Crippen LogP contribution in [0, 0.1) is 17.8 Å². The Morgan fingerprint density at radius 2 is 1.88 bits per heavy atom. The van der Waals surface area contributed by atoms with Gasteiger partial charge in [-0.2, -0.15) is 0 Å². The molecule has 1 amide bonds. The number of benzene rings is 1. The molecule has 3 unspecified atom stereocenters. The van der Waals surface area contributed by atoms with Crippen molar-refractivity contribution >= 4 is 17.5 Å². The van der Waals surface area contributed by atoms with Gasteiger partial charge in [0.1, 0.15) is 11.5 Å². The lowest BCUT2D eigenvalue weighted by atomic mass is 9.71. The van der Waals surface area contributed by atoms with Crippen LogP contribution in [0.3, 0.4) is 0 Å². The first-order valence-electron chi connectivity index (χ1n) is 11.4. The van der Waals surface area contributed by atoms with Gasteiger partial charge in [-0.15, -0.1) is 0 Å². The highest BCUT2D eigenvalue weighted by Gasteiger charge is 2.36. The smallest absolute Gasteiger partial charge is 0.224 e. The zero-order chi connectivity index (χ0) is 24.2. The van der Waals surface area contributed by atoms with Crippen LogP contribution in [0.5, 0.6) is 5.75 Å². The van der Waals surface area contributed by atoms with E-state index >= 15 is 0 Å². The fraction of sp³-hybridized carbons (Fsp3) is 0.640. The number of nitrogens with two attached hydrogens (primary N) is 1. The Bertz CT molecular complexity index is 870. The Kier molecular flexibility index (Phi) is 8.60.